The molecule has 3 rings (SSSR count). The van der Waals surface area contributed by atoms with Crippen molar-refractivity contribution in [3.05, 3.63) is 35.9 Å². The predicted molar refractivity (Wildman–Crippen MR) is 70.9 cm³/mol. The maximum atomic E-state index is 11.2. The van der Waals surface area contributed by atoms with E-state index in [2.05, 4.69) is 21.1 Å². The Hall–Kier alpha value is -2.15. The van der Waals surface area contributed by atoms with Crippen LogP contribution in [0.1, 0.15) is 5.56 Å². The molecule has 0 aromatic heterocycles. The molecular weight excluding hydrogens is 250 g/mol. The topological polar surface area (TPSA) is 68.8 Å². The number of nitrogens with zero attached hydrogens (tertiary/aromatic N) is 2. The lowest BCUT2D eigenvalue weighted by Gasteiger charge is -2.16. The Morgan fingerprint density at radius 2 is 2.00 bits per heavy atom. The molecule has 0 bridgehead atoms. The number of amides is 2. The molecule has 0 saturated carbocycles. The first-order valence-electron chi connectivity index (χ1n) is 5.50. The summed E-state index contributed by atoms with van der Waals surface area (Å²) >= 11 is 5.16. The van der Waals surface area contributed by atoms with Crippen molar-refractivity contribution in [2.45, 2.75) is 12.3 Å². The quantitative estimate of drug-likeness (QED) is 0.524. The summed E-state index contributed by atoms with van der Waals surface area (Å²) in [4.78, 5) is 11.2. The van der Waals surface area contributed by atoms with E-state index in [0.29, 0.717) is 5.11 Å². The third-order valence-electron chi connectivity index (χ3n) is 2.76. The fraction of sp³-hybridized carbons (Fsp3) is 0.182. The Bertz CT molecular complexity index is 517. The summed E-state index contributed by atoms with van der Waals surface area (Å²) in [6.07, 6.45) is 1.21. The van der Waals surface area contributed by atoms with Gasteiger partial charge in [-0.25, -0.2) is 9.80 Å². The molecule has 2 saturated heterocycles. The number of urea groups is 1. The van der Waals surface area contributed by atoms with Gasteiger partial charge in [0.25, 0.3) is 0 Å². The lowest BCUT2D eigenvalue weighted by Crippen LogP contribution is -2.40. The van der Waals surface area contributed by atoms with E-state index in [1.165, 1.54) is 0 Å². The van der Waals surface area contributed by atoms with Crippen molar-refractivity contribution in [2.75, 3.05) is 0 Å². The highest BCUT2D eigenvalue weighted by Gasteiger charge is 2.43. The summed E-state index contributed by atoms with van der Waals surface area (Å²) in [7, 11) is 0. The van der Waals surface area contributed by atoms with Gasteiger partial charge in [0, 0.05) is 0 Å². The summed E-state index contributed by atoms with van der Waals surface area (Å²) in [5.41, 5.74) is 0.973. The van der Waals surface area contributed by atoms with Crippen LogP contribution in [0.4, 0.5) is 4.79 Å². The first-order valence-corrected chi connectivity index (χ1v) is 5.91. The van der Waals surface area contributed by atoms with Crippen molar-refractivity contribution in [3.8, 4) is 0 Å². The summed E-state index contributed by atoms with van der Waals surface area (Å²) in [5, 5.41) is 14.8. The molecule has 0 spiro atoms. The summed E-state index contributed by atoms with van der Waals surface area (Å²) < 4.78 is 0. The largest absolute Gasteiger partial charge is 0.337 e. The molecular formula is C11H11N5OS. The average molecular weight is 261 g/mol. The van der Waals surface area contributed by atoms with E-state index < -0.39 is 0 Å². The smallest absolute Gasteiger partial charge is 0.318 e. The second-order valence-electron chi connectivity index (χ2n) is 3.99. The summed E-state index contributed by atoms with van der Waals surface area (Å²) in [6.45, 7) is 0. The number of thiocarbonyl (C=S) groups is 1. The fourth-order valence-electron chi connectivity index (χ4n) is 1.91. The monoisotopic (exact) mass is 261 g/mol. The number of fused-ring (bicyclic) bond motifs is 1. The van der Waals surface area contributed by atoms with Crippen LogP contribution in [0.3, 0.4) is 0 Å². The van der Waals surface area contributed by atoms with Crippen LogP contribution in [0.5, 0.6) is 0 Å². The molecule has 3 N–H and O–H groups in total. The molecule has 2 amide bonds. The molecule has 0 radical (unpaired) electrons. The molecule has 92 valence electrons. The van der Waals surface area contributed by atoms with Gasteiger partial charge in [-0.3, -0.25) is 0 Å². The Labute approximate surface area is 109 Å². The minimum atomic E-state index is -0.273. The van der Waals surface area contributed by atoms with E-state index >= 15 is 0 Å². The number of hydrogen-bond donors (Lipinski definition) is 3. The van der Waals surface area contributed by atoms with Crippen LogP contribution in [0.25, 0.3) is 0 Å². The number of rotatable bonds is 2. The zero-order valence-corrected chi connectivity index (χ0v) is 10.1. The highest BCUT2D eigenvalue weighted by Crippen LogP contribution is 2.14. The van der Waals surface area contributed by atoms with Crippen molar-refractivity contribution in [2.24, 2.45) is 5.10 Å². The Kier molecular flexibility index (Phi) is 2.60. The molecule has 2 atom stereocenters. The normalized spacial score (nSPS) is 25.9. The van der Waals surface area contributed by atoms with E-state index in [1.807, 2.05) is 30.3 Å². The van der Waals surface area contributed by atoms with Crippen LogP contribution < -0.4 is 16.0 Å². The van der Waals surface area contributed by atoms with Gasteiger partial charge in [-0.15, -0.1) is 0 Å². The Morgan fingerprint density at radius 3 is 2.78 bits per heavy atom. The van der Waals surface area contributed by atoms with Crippen LogP contribution in [0, 0.1) is 0 Å². The Balaban J connectivity index is 1.78. The van der Waals surface area contributed by atoms with E-state index in [1.54, 1.807) is 11.2 Å². The number of hydrogen-bond acceptors (Lipinski definition) is 3. The van der Waals surface area contributed by atoms with Gasteiger partial charge in [-0.05, 0) is 17.8 Å². The van der Waals surface area contributed by atoms with Crippen molar-refractivity contribution >= 4 is 29.6 Å². The number of carbonyl (C=O) groups excluding carboxylic acids is 1. The van der Waals surface area contributed by atoms with Gasteiger partial charge in [-0.1, -0.05) is 30.3 Å². The van der Waals surface area contributed by atoms with Crippen molar-refractivity contribution < 1.29 is 4.79 Å². The standard InChI is InChI=1S/C11H11N5OS/c17-10-13-8-9(15-10)16(11(18)14-8)12-6-7-4-2-1-3-5-7/h1-6,8-9H,(H,14,18)(H2,13,15,17). The van der Waals surface area contributed by atoms with Crippen LogP contribution in [0.2, 0.25) is 0 Å². The number of hydrazone groups is 1. The molecule has 1 aromatic rings. The van der Waals surface area contributed by atoms with E-state index in [-0.39, 0.29) is 18.4 Å². The van der Waals surface area contributed by atoms with Crippen LogP contribution in [0.15, 0.2) is 35.4 Å². The third kappa shape index (κ3) is 1.88. The molecule has 2 heterocycles. The minimum Gasteiger partial charge on any atom is -0.337 e. The van der Waals surface area contributed by atoms with E-state index in [9.17, 15) is 4.79 Å². The van der Waals surface area contributed by atoms with Crippen LogP contribution >= 0.6 is 12.2 Å². The summed E-state index contributed by atoms with van der Waals surface area (Å²) in [6, 6.07) is 9.47. The summed E-state index contributed by atoms with van der Waals surface area (Å²) in [5.74, 6) is 0. The second-order valence-corrected chi connectivity index (χ2v) is 4.38. The van der Waals surface area contributed by atoms with Gasteiger partial charge in [0.2, 0.25) is 0 Å². The van der Waals surface area contributed by atoms with Crippen LogP contribution in [-0.2, 0) is 0 Å². The molecule has 1 aromatic carbocycles. The van der Waals surface area contributed by atoms with E-state index in [0.717, 1.165) is 5.56 Å². The molecule has 18 heavy (non-hydrogen) atoms. The zero-order chi connectivity index (χ0) is 12.5. The van der Waals surface area contributed by atoms with Crippen molar-refractivity contribution in [1.82, 2.24) is 21.0 Å². The maximum Gasteiger partial charge on any atom is 0.318 e. The molecule has 2 fully saturated rings. The van der Waals surface area contributed by atoms with Gasteiger partial charge >= 0.3 is 6.03 Å². The van der Waals surface area contributed by atoms with Gasteiger partial charge in [0.05, 0.1) is 6.21 Å². The van der Waals surface area contributed by atoms with Crippen LogP contribution in [-0.4, -0.2) is 34.7 Å². The number of nitrogens with one attached hydrogen (secondary N) is 3. The van der Waals surface area contributed by atoms with Gasteiger partial charge in [0.15, 0.2) is 11.3 Å². The molecule has 7 heteroatoms. The highest BCUT2D eigenvalue weighted by molar-refractivity contribution is 7.80. The molecule has 2 aliphatic heterocycles. The van der Waals surface area contributed by atoms with Gasteiger partial charge < -0.3 is 16.0 Å². The van der Waals surface area contributed by atoms with Gasteiger partial charge in [0.1, 0.15) is 6.17 Å². The third-order valence-corrected chi connectivity index (χ3v) is 3.07. The minimum absolute atomic E-state index is 0.222. The average Bonchev–Trinajstić information content (AvgIpc) is 2.84. The number of carbonyl (C=O) groups is 1. The molecule has 0 aliphatic carbocycles. The highest BCUT2D eigenvalue weighted by atomic mass is 32.1. The number of benzene rings is 1. The van der Waals surface area contributed by atoms with E-state index in [4.69, 9.17) is 12.2 Å². The fourth-order valence-corrected chi connectivity index (χ4v) is 2.20. The zero-order valence-electron chi connectivity index (χ0n) is 9.33. The SMILES string of the molecule is O=C1NC2NC(=S)N(N=Cc3ccccc3)C2N1. The first-order chi connectivity index (χ1) is 8.74. The second kappa shape index (κ2) is 4.26. The first kappa shape index (κ1) is 11.0. The lowest BCUT2D eigenvalue weighted by molar-refractivity contribution is 0.243. The predicted octanol–water partition coefficient (Wildman–Crippen LogP) is 0.176. The van der Waals surface area contributed by atoms with Crippen molar-refractivity contribution in [3.63, 3.8) is 0 Å². The molecule has 2 aliphatic rings. The lowest BCUT2D eigenvalue weighted by atomic mass is 10.2. The molecule has 2 unspecified atom stereocenters. The maximum absolute atomic E-state index is 11.2. The Morgan fingerprint density at radius 1 is 1.22 bits per heavy atom. The molecule has 6 nitrogen and oxygen atoms in total. The van der Waals surface area contributed by atoms with Gasteiger partial charge in [-0.2, -0.15) is 5.10 Å². The van der Waals surface area contributed by atoms with Crippen molar-refractivity contribution in [1.29, 1.82) is 0 Å².